The van der Waals surface area contributed by atoms with Crippen molar-refractivity contribution in [1.29, 1.82) is 0 Å². The molecule has 0 radical (unpaired) electrons. The van der Waals surface area contributed by atoms with Gasteiger partial charge in [-0.3, -0.25) is 14.2 Å². The predicted octanol–water partition coefficient (Wildman–Crippen LogP) is 4.34. The summed E-state index contributed by atoms with van der Waals surface area (Å²) >= 11 is 0. The summed E-state index contributed by atoms with van der Waals surface area (Å²) in [5.41, 5.74) is 1.81. The van der Waals surface area contributed by atoms with E-state index in [0.29, 0.717) is 31.4 Å². The number of amides is 1. The van der Waals surface area contributed by atoms with Gasteiger partial charge >= 0.3 is 12.1 Å². The van der Waals surface area contributed by atoms with E-state index in [1.165, 1.54) is 0 Å². The molecule has 0 saturated carbocycles. The van der Waals surface area contributed by atoms with Crippen LogP contribution in [-0.2, 0) is 37.8 Å². The number of hydrogen-bond donors (Lipinski definition) is 1. The molecular weight excluding hydrogens is 526 g/mol. The van der Waals surface area contributed by atoms with Crippen molar-refractivity contribution in [3.8, 4) is 0 Å². The van der Waals surface area contributed by atoms with Crippen molar-refractivity contribution in [2.45, 2.75) is 77.2 Å². The molecule has 4 rings (SSSR count). The van der Waals surface area contributed by atoms with Crippen LogP contribution in [0.5, 0.6) is 0 Å². The van der Waals surface area contributed by atoms with E-state index in [1.807, 2.05) is 66.6 Å². The molecule has 11 nitrogen and oxygen atoms in total. The maximum atomic E-state index is 11.9. The molecule has 2 fully saturated rings. The van der Waals surface area contributed by atoms with E-state index in [2.05, 4.69) is 15.5 Å². The highest BCUT2D eigenvalue weighted by Gasteiger charge is 2.29. The van der Waals surface area contributed by atoms with Gasteiger partial charge in [0.2, 0.25) is 0 Å². The van der Waals surface area contributed by atoms with E-state index in [-0.39, 0.29) is 23.9 Å². The van der Waals surface area contributed by atoms with Gasteiger partial charge in [-0.25, -0.2) is 4.79 Å². The lowest BCUT2D eigenvalue weighted by molar-refractivity contribution is -0.144. The Kier molecular flexibility index (Phi) is 12.6. The summed E-state index contributed by atoms with van der Waals surface area (Å²) in [5, 5.41) is 11.4. The maximum absolute atomic E-state index is 11.9. The third kappa shape index (κ3) is 11.1. The third-order valence-electron chi connectivity index (χ3n) is 7.53. The van der Waals surface area contributed by atoms with Crippen LogP contribution in [0.15, 0.2) is 24.8 Å². The summed E-state index contributed by atoms with van der Waals surface area (Å²) < 4.78 is 24.9. The van der Waals surface area contributed by atoms with Crippen LogP contribution in [0.2, 0.25) is 0 Å². The Morgan fingerprint density at radius 1 is 0.927 bits per heavy atom. The summed E-state index contributed by atoms with van der Waals surface area (Å²) in [5.74, 6) is 1.28. The molecular formula is C30H49N5O6. The average Bonchev–Trinajstić information content (AvgIpc) is 3.56. The molecule has 41 heavy (non-hydrogen) atoms. The SMILES string of the molecule is CCOC(=O)CC(c1cnn(C)c1)C1CCOCC1.Cn1cc(C(CNC(=O)OC(C)(C)C)C2CCOCC2)cn1. The highest BCUT2D eigenvalue weighted by atomic mass is 16.6. The van der Waals surface area contributed by atoms with Crippen LogP contribution in [0.1, 0.15) is 82.8 Å². The molecule has 1 N–H and O–H groups in total. The van der Waals surface area contributed by atoms with Crippen molar-refractivity contribution < 1.29 is 28.5 Å². The molecule has 0 bridgehead atoms. The Morgan fingerprint density at radius 2 is 1.41 bits per heavy atom. The van der Waals surface area contributed by atoms with Gasteiger partial charge in [-0.05, 0) is 76.3 Å². The normalized spacial score (nSPS) is 18.1. The fraction of sp³-hybridized carbons (Fsp3) is 0.733. The molecule has 1 amide bonds. The highest BCUT2D eigenvalue weighted by molar-refractivity contribution is 5.70. The standard InChI is InChI=1S/C16H27N3O3.C14H22N2O3/c1-16(2,3)22-15(20)17-10-14(12-5-7-21-8-6-12)13-9-18-19(4)11-13;1-3-19-14(17)8-13(11-4-6-18-7-5-11)12-9-15-16(2)10-12/h9,11-12,14H,5-8,10H2,1-4H3,(H,17,20);9-11,13H,3-8H2,1-2H3. The minimum absolute atomic E-state index is 0.122. The number of carbonyl (C=O) groups is 2. The minimum Gasteiger partial charge on any atom is -0.466 e. The summed E-state index contributed by atoms with van der Waals surface area (Å²) in [4.78, 5) is 23.7. The molecule has 230 valence electrons. The zero-order valence-electron chi connectivity index (χ0n) is 25.6. The predicted molar refractivity (Wildman–Crippen MR) is 154 cm³/mol. The first-order valence-electron chi connectivity index (χ1n) is 14.8. The van der Waals surface area contributed by atoms with Crippen molar-refractivity contribution in [2.24, 2.45) is 25.9 Å². The van der Waals surface area contributed by atoms with Gasteiger partial charge < -0.3 is 24.3 Å². The van der Waals surface area contributed by atoms with Gasteiger partial charge in [-0.2, -0.15) is 10.2 Å². The largest absolute Gasteiger partial charge is 0.466 e. The summed E-state index contributed by atoms with van der Waals surface area (Å²) in [6.45, 7) is 11.6. The molecule has 2 aliphatic rings. The number of hydrogen-bond acceptors (Lipinski definition) is 8. The second-order valence-corrected chi connectivity index (χ2v) is 11.9. The Morgan fingerprint density at radius 3 is 1.85 bits per heavy atom. The second-order valence-electron chi connectivity index (χ2n) is 11.9. The summed E-state index contributed by atoms with van der Waals surface area (Å²) in [6, 6.07) is 0. The van der Waals surface area contributed by atoms with Crippen molar-refractivity contribution in [3.05, 3.63) is 35.9 Å². The Labute approximate surface area is 244 Å². The van der Waals surface area contributed by atoms with Gasteiger partial charge in [0.15, 0.2) is 0 Å². The smallest absolute Gasteiger partial charge is 0.407 e. The van der Waals surface area contributed by atoms with E-state index in [0.717, 1.165) is 63.2 Å². The molecule has 0 aromatic carbocycles. The first kappa shape index (κ1) is 32.6. The van der Waals surface area contributed by atoms with Crippen LogP contribution in [-0.4, -0.2) is 76.8 Å². The minimum atomic E-state index is -0.480. The Hall–Kier alpha value is -2.92. The van der Waals surface area contributed by atoms with Crippen LogP contribution < -0.4 is 5.32 Å². The number of carbonyl (C=O) groups excluding carboxylic acids is 2. The quantitative estimate of drug-likeness (QED) is 0.439. The lowest BCUT2D eigenvalue weighted by Crippen LogP contribution is -2.37. The number of nitrogens with zero attached hydrogens (tertiary/aromatic N) is 4. The molecule has 2 aromatic heterocycles. The van der Waals surface area contributed by atoms with E-state index in [9.17, 15) is 9.59 Å². The third-order valence-corrected chi connectivity index (χ3v) is 7.53. The van der Waals surface area contributed by atoms with Gasteiger partial charge in [0, 0.05) is 71.3 Å². The zero-order valence-corrected chi connectivity index (χ0v) is 25.6. The molecule has 2 atom stereocenters. The molecule has 0 aliphatic carbocycles. The number of ether oxygens (including phenoxy) is 4. The second kappa shape index (κ2) is 15.9. The molecule has 11 heteroatoms. The maximum Gasteiger partial charge on any atom is 0.407 e. The molecule has 2 aliphatic heterocycles. The first-order chi connectivity index (χ1) is 19.6. The lowest BCUT2D eigenvalue weighted by atomic mass is 9.80. The monoisotopic (exact) mass is 575 g/mol. The van der Waals surface area contributed by atoms with Crippen LogP contribution in [0.3, 0.4) is 0 Å². The summed E-state index contributed by atoms with van der Waals surface area (Å²) in [6.07, 6.45) is 11.9. The number of alkyl carbamates (subject to hydrolysis) is 1. The van der Waals surface area contributed by atoms with E-state index >= 15 is 0 Å². The topological polar surface area (TPSA) is 119 Å². The van der Waals surface area contributed by atoms with E-state index in [1.54, 1.807) is 9.36 Å². The Balaban J connectivity index is 0.000000228. The van der Waals surface area contributed by atoms with Crippen molar-refractivity contribution in [2.75, 3.05) is 39.6 Å². The number of aryl methyl sites for hydroxylation is 2. The first-order valence-corrected chi connectivity index (χ1v) is 14.8. The zero-order chi connectivity index (χ0) is 29.8. The van der Waals surface area contributed by atoms with Gasteiger partial charge in [-0.1, -0.05) is 0 Å². The fourth-order valence-electron chi connectivity index (χ4n) is 5.52. The molecule has 2 unspecified atom stereocenters. The molecule has 0 spiro atoms. The van der Waals surface area contributed by atoms with Gasteiger partial charge in [0.1, 0.15) is 5.60 Å². The van der Waals surface area contributed by atoms with E-state index < -0.39 is 5.60 Å². The Bertz CT molecular complexity index is 1070. The van der Waals surface area contributed by atoms with Crippen molar-refractivity contribution in [1.82, 2.24) is 24.9 Å². The number of aromatic nitrogens is 4. The summed E-state index contributed by atoms with van der Waals surface area (Å²) in [7, 11) is 3.81. The average molecular weight is 576 g/mol. The van der Waals surface area contributed by atoms with Crippen molar-refractivity contribution in [3.63, 3.8) is 0 Å². The van der Waals surface area contributed by atoms with Crippen LogP contribution in [0.4, 0.5) is 4.79 Å². The molecule has 4 heterocycles. The van der Waals surface area contributed by atoms with E-state index in [4.69, 9.17) is 18.9 Å². The van der Waals surface area contributed by atoms with Gasteiger partial charge in [-0.15, -0.1) is 0 Å². The number of nitrogens with one attached hydrogen (secondary N) is 1. The number of rotatable bonds is 9. The number of esters is 1. The lowest BCUT2D eigenvalue weighted by Gasteiger charge is -2.30. The van der Waals surface area contributed by atoms with Crippen LogP contribution in [0, 0.1) is 11.8 Å². The van der Waals surface area contributed by atoms with Crippen LogP contribution in [0.25, 0.3) is 0 Å². The van der Waals surface area contributed by atoms with Crippen molar-refractivity contribution >= 4 is 12.1 Å². The fourth-order valence-corrected chi connectivity index (χ4v) is 5.52. The highest BCUT2D eigenvalue weighted by Crippen LogP contribution is 2.35. The van der Waals surface area contributed by atoms with Gasteiger partial charge in [0.05, 0.1) is 25.4 Å². The molecule has 2 saturated heterocycles. The molecule has 2 aromatic rings. The van der Waals surface area contributed by atoms with Crippen LogP contribution >= 0.6 is 0 Å². The van der Waals surface area contributed by atoms with Gasteiger partial charge in [0.25, 0.3) is 0 Å².